The molecule has 1 aliphatic rings. The van der Waals surface area contributed by atoms with Gasteiger partial charge in [0.2, 0.25) is 10.0 Å². The molecule has 7 nitrogen and oxygen atoms in total. The Morgan fingerprint density at radius 3 is 2.60 bits per heavy atom. The second-order valence-corrected chi connectivity index (χ2v) is 6.65. The summed E-state index contributed by atoms with van der Waals surface area (Å²) in [5, 5.41) is 12.2. The topological polar surface area (TPSA) is 91.6 Å². The molecular weight excluding hydrogens is 282 g/mol. The second-order valence-electron chi connectivity index (χ2n) is 4.71. The van der Waals surface area contributed by atoms with E-state index in [1.54, 1.807) is 0 Å². The minimum Gasteiger partial charge on any atom is -0.477 e. The Labute approximate surface area is 118 Å². The Hall–Kier alpha value is -1.38. The second kappa shape index (κ2) is 5.94. The molecule has 0 unspecified atom stereocenters. The predicted molar refractivity (Wildman–Crippen MR) is 73.3 cm³/mol. The zero-order valence-corrected chi connectivity index (χ0v) is 12.2. The van der Waals surface area contributed by atoms with Crippen molar-refractivity contribution < 1.29 is 18.3 Å². The van der Waals surface area contributed by atoms with E-state index in [1.165, 1.54) is 21.1 Å². The first kappa shape index (κ1) is 15.0. The van der Waals surface area contributed by atoms with Gasteiger partial charge in [0.25, 0.3) is 0 Å². The molecule has 0 bridgehead atoms. The number of rotatable bonds is 5. The summed E-state index contributed by atoms with van der Waals surface area (Å²) in [6.45, 7) is 4.43. The van der Waals surface area contributed by atoms with Crippen molar-refractivity contribution in [3.63, 3.8) is 0 Å². The summed E-state index contributed by atoms with van der Waals surface area (Å²) in [5.41, 5.74) is 0.0144. The molecule has 0 aliphatic carbocycles. The van der Waals surface area contributed by atoms with Crippen molar-refractivity contribution in [2.45, 2.75) is 24.8 Å². The van der Waals surface area contributed by atoms with Crippen LogP contribution in [0.2, 0.25) is 0 Å². The molecule has 2 N–H and O–H groups in total. The molecule has 0 amide bonds. The summed E-state index contributed by atoms with van der Waals surface area (Å²) in [6.07, 6.45) is 2.16. The lowest BCUT2D eigenvalue weighted by Gasteiger charge is -2.26. The molecule has 20 heavy (non-hydrogen) atoms. The Balaban J connectivity index is 2.36. The Morgan fingerprint density at radius 1 is 1.40 bits per heavy atom. The van der Waals surface area contributed by atoms with Crippen LogP contribution in [0.3, 0.4) is 0 Å². The molecule has 1 fully saturated rings. The highest BCUT2D eigenvalue weighted by molar-refractivity contribution is 7.89. The van der Waals surface area contributed by atoms with Crippen LogP contribution in [0.25, 0.3) is 0 Å². The van der Waals surface area contributed by atoms with Gasteiger partial charge < -0.3 is 15.0 Å². The number of hydrogen-bond acceptors (Lipinski definition) is 4. The van der Waals surface area contributed by atoms with Gasteiger partial charge in [-0.1, -0.05) is 6.92 Å². The van der Waals surface area contributed by atoms with Crippen LogP contribution in [0.1, 0.15) is 23.8 Å². The van der Waals surface area contributed by atoms with Crippen molar-refractivity contribution >= 4 is 16.0 Å². The summed E-state index contributed by atoms with van der Waals surface area (Å²) >= 11 is 0. The molecule has 2 rings (SSSR count). The van der Waals surface area contributed by atoms with E-state index in [0.717, 1.165) is 6.42 Å². The lowest BCUT2D eigenvalue weighted by Crippen LogP contribution is -2.46. The van der Waals surface area contributed by atoms with Crippen molar-refractivity contribution in [3.05, 3.63) is 18.0 Å². The number of carboxylic acids is 1. The standard InChI is InChI=1S/C12H19N3O4S/c1-2-5-14-9-10(8-11(14)12(16)17)20(18,19)15-6-3-13-4-7-15/h8-9,13H,2-7H2,1H3,(H,16,17). The van der Waals surface area contributed by atoms with Gasteiger partial charge in [-0.2, -0.15) is 4.31 Å². The van der Waals surface area contributed by atoms with Crippen LogP contribution in [0.15, 0.2) is 17.2 Å². The lowest BCUT2D eigenvalue weighted by atomic mass is 10.4. The van der Waals surface area contributed by atoms with E-state index in [0.29, 0.717) is 32.7 Å². The van der Waals surface area contributed by atoms with Gasteiger partial charge in [0, 0.05) is 38.9 Å². The van der Waals surface area contributed by atoms with E-state index in [1.807, 2.05) is 6.92 Å². The van der Waals surface area contributed by atoms with Gasteiger partial charge in [-0.15, -0.1) is 0 Å². The normalized spacial score (nSPS) is 17.2. The molecule has 1 aliphatic heterocycles. The third-order valence-corrected chi connectivity index (χ3v) is 5.13. The van der Waals surface area contributed by atoms with Gasteiger partial charge in [0.1, 0.15) is 10.6 Å². The first-order valence-electron chi connectivity index (χ1n) is 6.61. The van der Waals surface area contributed by atoms with Crippen LogP contribution in [0, 0.1) is 0 Å². The van der Waals surface area contributed by atoms with E-state index >= 15 is 0 Å². The number of aromatic nitrogens is 1. The van der Waals surface area contributed by atoms with E-state index in [9.17, 15) is 13.2 Å². The van der Waals surface area contributed by atoms with Crippen LogP contribution >= 0.6 is 0 Å². The highest BCUT2D eigenvalue weighted by Gasteiger charge is 2.28. The zero-order valence-electron chi connectivity index (χ0n) is 11.4. The average Bonchev–Trinajstić information content (AvgIpc) is 2.85. The maximum atomic E-state index is 12.5. The molecule has 0 radical (unpaired) electrons. The molecule has 0 aromatic carbocycles. The Bertz CT molecular complexity index is 588. The lowest BCUT2D eigenvalue weighted by molar-refractivity contribution is 0.0685. The van der Waals surface area contributed by atoms with Gasteiger partial charge in [-0.25, -0.2) is 13.2 Å². The van der Waals surface area contributed by atoms with Gasteiger partial charge >= 0.3 is 5.97 Å². The summed E-state index contributed by atoms with van der Waals surface area (Å²) in [7, 11) is -3.61. The summed E-state index contributed by atoms with van der Waals surface area (Å²) < 4.78 is 27.8. The number of aromatic carboxylic acids is 1. The molecule has 112 valence electrons. The smallest absolute Gasteiger partial charge is 0.352 e. The third-order valence-electron chi connectivity index (χ3n) is 3.27. The van der Waals surface area contributed by atoms with Gasteiger partial charge in [-0.3, -0.25) is 0 Å². The van der Waals surface area contributed by atoms with Crippen LogP contribution in [0.4, 0.5) is 0 Å². The number of sulfonamides is 1. The fourth-order valence-corrected chi connectivity index (χ4v) is 3.75. The van der Waals surface area contributed by atoms with Crippen LogP contribution in [-0.4, -0.2) is 54.5 Å². The van der Waals surface area contributed by atoms with Crippen molar-refractivity contribution in [1.29, 1.82) is 0 Å². The van der Waals surface area contributed by atoms with E-state index in [4.69, 9.17) is 5.11 Å². The Kier molecular flexibility index (Phi) is 4.46. The van der Waals surface area contributed by atoms with Crippen molar-refractivity contribution in [2.24, 2.45) is 0 Å². The van der Waals surface area contributed by atoms with Crippen molar-refractivity contribution in [1.82, 2.24) is 14.2 Å². The minimum atomic E-state index is -3.61. The number of nitrogens with one attached hydrogen (secondary N) is 1. The molecule has 8 heteroatoms. The van der Waals surface area contributed by atoms with Crippen molar-refractivity contribution in [2.75, 3.05) is 26.2 Å². The predicted octanol–water partition coefficient (Wildman–Crippen LogP) is 0.190. The van der Waals surface area contributed by atoms with E-state index < -0.39 is 16.0 Å². The summed E-state index contributed by atoms with van der Waals surface area (Å²) in [5.74, 6) is -1.11. The van der Waals surface area contributed by atoms with Crippen LogP contribution in [0.5, 0.6) is 0 Å². The monoisotopic (exact) mass is 301 g/mol. The van der Waals surface area contributed by atoms with E-state index in [-0.39, 0.29) is 10.6 Å². The first-order valence-corrected chi connectivity index (χ1v) is 8.05. The fraction of sp³-hybridized carbons (Fsp3) is 0.583. The minimum absolute atomic E-state index is 0.0144. The van der Waals surface area contributed by atoms with Gasteiger partial charge in [0.05, 0.1) is 0 Å². The number of carboxylic acid groups (broad SMARTS) is 1. The maximum Gasteiger partial charge on any atom is 0.352 e. The van der Waals surface area contributed by atoms with Crippen molar-refractivity contribution in [3.8, 4) is 0 Å². The van der Waals surface area contributed by atoms with Gasteiger partial charge in [-0.05, 0) is 12.5 Å². The fourth-order valence-electron chi connectivity index (χ4n) is 2.26. The first-order chi connectivity index (χ1) is 9.46. The molecule has 1 aromatic heterocycles. The number of nitrogens with zero attached hydrogens (tertiary/aromatic N) is 2. The van der Waals surface area contributed by atoms with E-state index in [2.05, 4.69) is 5.32 Å². The molecule has 0 atom stereocenters. The van der Waals surface area contributed by atoms with Crippen LogP contribution in [-0.2, 0) is 16.6 Å². The molecule has 2 heterocycles. The molecule has 1 aromatic rings. The molecular formula is C12H19N3O4S. The zero-order chi connectivity index (χ0) is 14.8. The summed E-state index contributed by atoms with van der Waals surface area (Å²) in [4.78, 5) is 11.2. The largest absolute Gasteiger partial charge is 0.477 e. The highest BCUT2D eigenvalue weighted by atomic mass is 32.2. The van der Waals surface area contributed by atoms with Crippen LogP contribution < -0.4 is 5.32 Å². The Morgan fingerprint density at radius 2 is 2.05 bits per heavy atom. The molecule has 1 saturated heterocycles. The number of carbonyl (C=O) groups is 1. The SMILES string of the molecule is CCCn1cc(S(=O)(=O)N2CCNCC2)cc1C(=O)O. The quantitative estimate of drug-likeness (QED) is 0.810. The highest BCUT2D eigenvalue weighted by Crippen LogP contribution is 2.20. The molecule has 0 spiro atoms. The molecule has 0 saturated carbocycles. The average molecular weight is 301 g/mol. The number of hydrogen-bond donors (Lipinski definition) is 2. The summed E-state index contributed by atoms with van der Waals surface area (Å²) in [6, 6.07) is 1.25. The third kappa shape index (κ3) is 2.87. The number of aryl methyl sites for hydroxylation is 1. The maximum absolute atomic E-state index is 12.5. The van der Waals surface area contributed by atoms with Gasteiger partial charge in [0.15, 0.2) is 0 Å². The number of piperazine rings is 1.